The summed E-state index contributed by atoms with van der Waals surface area (Å²) in [6, 6.07) is 5.22. The number of carbonyl (C=O) groups excluding carboxylic acids is 1. The zero-order valence-corrected chi connectivity index (χ0v) is 9.27. The summed E-state index contributed by atoms with van der Waals surface area (Å²) in [5, 5.41) is 3.30. The van der Waals surface area contributed by atoms with Gasteiger partial charge in [-0.2, -0.15) is 0 Å². The smallest absolute Gasteiger partial charge is 0.251 e. The van der Waals surface area contributed by atoms with Gasteiger partial charge in [0.25, 0.3) is 5.91 Å². The molecule has 0 fully saturated rings. The molecule has 1 amide bonds. The Morgan fingerprint density at radius 1 is 1.60 bits per heavy atom. The Balaban J connectivity index is 2.67. The highest BCUT2D eigenvalue weighted by molar-refractivity contribution is 6.31. The molecule has 3 heteroatoms. The molecule has 1 rings (SSSR count). The van der Waals surface area contributed by atoms with Gasteiger partial charge < -0.3 is 5.32 Å². The lowest BCUT2D eigenvalue weighted by molar-refractivity contribution is 0.0954. The molecule has 2 nitrogen and oxygen atoms in total. The van der Waals surface area contributed by atoms with Gasteiger partial charge in [0.1, 0.15) is 0 Å². The molecule has 0 unspecified atom stereocenters. The van der Waals surface area contributed by atoms with Crippen molar-refractivity contribution in [2.75, 3.05) is 6.54 Å². The van der Waals surface area contributed by atoms with Gasteiger partial charge in [0.05, 0.1) is 0 Å². The average molecular weight is 222 g/mol. The largest absolute Gasteiger partial charge is 0.351 e. The molecule has 78 valence electrons. The number of aryl methyl sites for hydroxylation is 1. The van der Waals surface area contributed by atoms with E-state index in [0.717, 1.165) is 5.56 Å². The molecule has 0 heterocycles. The zero-order valence-electron chi connectivity index (χ0n) is 8.51. The van der Waals surface area contributed by atoms with Crippen molar-refractivity contribution in [3.8, 4) is 12.3 Å². The van der Waals surface area contributed by atoms with E-state index < -0.39 is 0 Å². The minimum atomic E-state index is -0.146. The molecule has 0 radical (unpaired) electrons. The molecule has 0 atom stereocenters. The number of nitrogens with one attached hydrogen (secondary N) is 1. The van der Waals surface area contributed by atoms with Crippen LogP contribution in [0.3, 0.4) is 0 Å². The van der Waals surface area contributed by atoms with Gasteiger partial charge in [0.2, 0.25) is 0 Å². The van der Waals surface area contributed by atoms with Crippen LogP contribution in [-0.2, 0) is 0 Å². The molecule has 0 aliphatic heterocycles. The quantitative estimate of drug-likeness (QED) is 0.617. The van der Waals surface area contributed by atoms with E-state index in [9.17, 15) is 4.79 Å². The van der Waals surface area contributed by atoms with Crippen molar-refractivity contribution in [2.45, 2.75) is 13.3 Å². The summed E-state index contributed by atoms with van der Waals surface area (Å²) in [7, 11) is 0. The van der Waals surface area contributed by atoms with Gasteiger partial charge in [0.15, 0.2) is 0 Å². The molecular formula is C12H12ClNO. The van der Waals surface area contributed by atoms with E-state index in [0.29, 0.717) is 23.6 Å². The third-order valence-electron chi connectivity index (χ3n) is 1.99. The van der Waals surface area contributed by atoms with E-state index in [1.54, 1.807) is 12.1 Å². The van der Waals surface area contributed by atoms with Gasteiger partial charge in [-0.3, -0.25) is 4.79 Å². The summed E-state index contributed by atoms with van der Waals surface area (Å²) in [5.74, 6) is 2.31. The van der Waals surface area contributed by atoms with Crippen LogP contribution in [0.25, 0.3) is 0 Å². The fourth-order valence-corrected chi connectivity index (χ4v) is 1.26. The van der Waals surface area contributed by atoms with Gasteiger partial charge in [-0.1, -0.05) is 17.7 Å². The van der Waals surface area contributed by atoms with Crippen molar-refractivity contribution in [2.24, 2.45) is 0 Å². The van der Waals surface area contributed by atoms with Crippen LogP contribution in [0.15, 0.2) is 18.2 Å². The average Bonchev–Trinajstić information content (AvgIpc) is 2.22. The molecule has 0 saturated carbocycles. The minimum Gasteiger partial charge on any atom is -0.351 e. The number of hydrogen-bond acceptors (Lipinski definition) is 1. The standard InChI is InChI=1S/C12H12ClNO/c1-3-4-7-14-12(15)10-6-5-9(2)11(13)8-10/h1,5-6,8H,4,7H2,2H3,(H,14,15). The Hall–Kier alpha value is -1.46. The Bertz CT molecular complexity index is 407. The monoisotopic (exact) mass is 221 g/mol. The first-order valence-electron chi connectivity index (χ1n) is 4.63. The van der Waals surface area contributed by atoms with Crippen LogP contribution in [0.1, 0.15) is 22.3 Å². The normalized spacial score (nSPS) is 9.40. The number of benzene rings is 1. The zero-order chi connectivity index (χ0) is 11.3. The van der Waals surface area contributed by atoms with Gasteiger partial charge >= 0.3 is 0 Å². The van der Waals surface area contributed by atoms with Crippen molar-refractivity contribution in [3.05, 3.63) is 34.3 Å². The predicted molar refractivity (Wildman–Crippen MR) is 62.0 cm³/mol. The highest BCUT2D eigenvalue weighted by Crippen LogP contribution is 2.16. The van der Waals surface area contributed by atoms with E-state index in [4.69, 9.17) is 18.0 Å². The van der Waals surface area contributed by atoms with Crippen molar-refractivity contribution >= 4 is 17.5 Å². The molecule has 0 aliphatic rings. The molecule has 1 N–H and O–H groups in total. The van der Waals surface area contributed by atoms with E-state index in [-0.39, 0.29) is 5.91 Å². The van der Waals surface area contributed by atoms with Crippen molar-refractivity contribution in [1.29, 1.82) is 0 Å². The Kier molecular flexibility index (Phi) is 4.20. The number of terminal acetylenes is 1. The van der Waals surface area contributed by atoms with Crippen molar-refractivity contribution in [3.63, 3.8) is 0 Å². The van der Waals surface area contributed by atoms with Gasteiger partial charge in [0, 0.05) is 23.6 Å². The number of carbonyl (C=O) groups is 1. The fourth-order valence-electron chi connectivity index (χ4n) is 1.08. The number of hydrogen-bond donors (Lipinski definition) is 1. The Morgan fingerprint density at radius 2 is 2.33 bits per heavy atom. The molecule has 0 spiro atoms. The van der Waals surface area contributed by atoms with Crippen LogP contribution in [0.5, 0.6) is 0 Å². The van der Waals surface area contributed by atoms with Gasteiger partial charge in [-0.25, -0.2) is 0 Å². The molecule has 0 saturated heterocycles. The highest BCUT2D eigenvalue weighted by atomic mass is 35.5. The number of halogens is 1. The van der Waals surface area contributed by atoms with Crippen LogP contribution >= 0.6 is 11.6 Å². The topological polar surface area (TPSA) is 29.1 Å². The third-order valence-corrected chi connectivity index (χ3v) is 2.40. The van der Waals surface area contributed by atoms with Crippen LogP contribution in [0, 0.1) is 19.3 Å². The first-order valence-corrected chi connectivity index (χ1v) is 5.00. The van der Waals surface area contributed by atoms with Crippen molar-refractivity contribution < 1.29 is 4.79 Å². The van der Waals surface area contributed by atoms with Crippen molar-refractivity contribution in [1.82, 2.24) is 5.32 Å². The second-order valence-electron chi connectivity index (χ2n) is 3.17. The lowest BCUT2D eigenvalue weighted by Gasteiger charge is -2.04. The van der Waals surface area contributed by atoms with E-state index in [1.807, 2.05) is 13.0 Å². The maximum Gasteiger partial charge on any atom is 0.251 e. The van der Waals surface area contributed by atoms with Crippen LogP contribution in [-0.4, -0.2) is 12.5 Å². The Morgan fingerprint density at radius 3 is 2.93 bits per heavy atom. The fraction of sp³-hybridized carbons (Fsp3) is 0.250. The lowest BCUT2D eigenvalue weighted by atomic mass is 10.1. The first-order chi connectivity index (χ1) is 7.15. The number of rotatable bonds is 3. The van der Waals surface area contributed by atoms with Gasteiger partial charge in [-0.15, -0.1) is 12.3 Å². The molecule has 0 aromatic heterocycles. The second kappa shape index (κ2) is 5.43. The van der Waals surface area contributed by atoms with Crippen LogP contribution < -0.4 is 5.32 Å². The lowest BCUT2D eigenvalue weighted by Crippen LogP contribution is -2.24. The van der Waals surface area contributed by atoms with Crippen LogP contribution in [0.2, 0.25) is 5.02 Å². The SMILES string of the molecule is C#CCCNC(=O)c1ccc(C)c(Cl)c1. The maximum absolute atomic E-state index is 11.5. The summed E-state index contributed by atoms with van der Waals surface area (Å²) in [6.45, 7) is 2.38. The van der Waals surface area contributed by atoms with E-state index >= 15 is 0 Å². The molecule has 1 aromatic rings. The molecular weight excluding hydrogens is 210 g/mol. The van der Waals surface area contributed by atoms with Crippen LogP contribution in [0.4, 0.5) is 0 Å². The number of amides is 1. The van der Waals surface area contributed by atoms with Gasteiger partial charge in [-0.05, 0) is 24.6 Å². The first kappa shape index (κ1) is 11.6. The molecule has 15 heavy (non-hydrogen) atoms. The van der Waals surface area contributed by atoms with E-state index in [2.05, 4.69) is 11.2 Å². The summed E-state index contributed by atoms with van der Waals surface area (Å²) in [5.41, 5.74) is 1.51. The minimum absolute atomic E-state index is 0.146. The molecule has 1 aromatic carbocycles. The van der Waals surface area contributed by atoms with E-state index in [1.165, 1.54) is 0 Å². The molecule has 0 bridgehead atoms. The Labute approximate surface area is 94.6 Å². The summed E-state index contributed by atoms with van der Waals surface area (Å²) in [4.78, 5) is 11.5. The molecule has 0 aliphatic carbocycles. The summed E-state index contributed by atoms with van der Waals surface area (Å²) in [6.07, 6.45) is 5.61. The predicted octanol–water partition coefficient (Wildman–Crippen LogP) is 2.40. The summed E-state index contributed by atoms with van der Waals surface area (Å²) >= 11 is 5.91. The second-order valence-corrected chi connectivity index (χ2v) is 3.58. The maximum atomic E-state index is 11.5. The summed E-state index contributed by atoms with van der Waals surface area (Å²) < 4.78 is 0. The highest BCUT2D eigenvalue weighted by Gasteiger charge is 2.05. The third kappa shape index (κ3) is 3.30.